The molecule has 0 saturated heterocycles. The SMILES string of the molecule is C=CCOC1CCC(O)(C#N)CC1. The minimum absolute atomic E-state index is 0.187. The molecule has 1 aliphatic carbocycles. The highest BCUT2D eigenvalue weighted by Gasteiger charge is 2.33. The molecule has 0 heterocycles. The van der Waals surface area contributed by atoms with Crippen LogP contribution >= 0.6 is 0 Å². The van der Waals surface area contributed by atoms with Crippen molar-refractivity contribution in [1.82, 2.24) is 0 Å². The number of aliphatic hydroxyl groups is 1. The minimum atomic E-state index is -1.10. The van der Waals surface area contributed by atoms with Gasteiger partial charge in [-0.1, -0.05) is 6.08 Å². The van der Waals surface area contributed by atoms with Gasteiger partial charge in [0.15, 0.2) is 5.60 Å². The van der Waals surface area contributed by atoms with Crippen LogP contribution in [0.3, 0.4) is 0 Å². The Balaban J connectivity index is 2.31. The lowest BCUT2D eigenvalue weighted by Crippen LogP contribution is -2.35. The van der Waals surface area contributed by atoms with Crippen molar-refractivity contribution in [2.24, 2.45) is 0 Å². The first-order valence-electron chi connectivity index (χ1n) is 4.56. The summed E-state index contributed by atoms with van der Waals surface area (Å²) in [6.07, 6.45) is 4.46. The molecule has 1 fully saturated rings. The highest BCUT2D eigenvalue weighted by Crippen LogP contribution is 2.29. The summed E-state index contributed by atoms with van der Waals surface area (Å²) in [6, 6.07) is 1.94. The van der Waals surface area contributed by atoms with Crippen molar-refractivity contribution < 1.29 is 9.84 Å². The van der Waals surface area contributed by atoms with E-state index in [1.54, 1.807) is 6.08 Å². The van der Waals surface area contributed by atoms with Gasteiger partial charge in [0.05, 0.1) is 18.8 Å². The Kier molecular flexibility index (Phi) is 3.47. The first-order chi connectivity index (χ1) is 6.20. The molecule has 3 nitrogen and oxygen atoms in total. The number of hydrogen-bond acceptors (Lipinski definition) is 3. The summed E-state index contributed by atoms with van der Waals surface area (Å²) in [6.45, 7) is 4.11. The van der Waals surface area contributed by atoms with E-state index in [1.165, 1.54) is 0 Å². The lowest BCUT2D eigenvalue weighted by Gasteiger charge is -2.30. The third-order valence-electron chi connectivity index (χ3n) is 2.42. The molecule has 0 spiro atoms. The van der Waals surface area contributed by atoms with E-state index in [1.807, 2.05) is 6.07 Å². The fourth-order valence-corrected chi connectivity index (χ4v) is 1.55. The maximum atomic E-state index is 9.59. The Hall–Kier alpha value is -0.850. The molecule has 0 aromatic heterocycles. The summed E-state index contributed by atoms with van der Waals surface area (Å²) in [4.78, 5) is 0. The maximum absolute atomic E-state index is 9.59. The lowest BCUT2D eigenvalue weighted by molar-refractivity contribution is -0.0197. The summed E-state index contributed by atoms with van der Waals surface area (Å²) in [5, 5.41) is 18.2. The van der Waals surface area contributed by atoms with Gasteiger partial charge in [-0.05, 0) is 25.7 Å². The second-order valence-corrected chi connectivity index (χ2v) is 3.46. The van der Waals surface area contributed by atoms with Crippen LogP contribution in [-0.2, 0) is 4.74 Å². The molecule has 0 radical (unpaired) electrons. The van der Waals surface area contributed by atoms with Crippen LogP contribution in [0.2, 0.25) is 0 Å². The predicted octanol–water partition coefficient (Wildman–Crippen LogP) is 1.39. The van der Waals surface area contributed by atoms with E-state index in [0.29, 0.717) is 19.4 Å². The van der Waals surface area contributed by atoms with Gasteiger partial charge in [0.2, 0.25) is 0 Å². The van der Waals surface area contributed by atoms with Crippen LogP contribution in [0.1, 0.15) is 25.7 Å². The predicted molar refractivity (Wildman–Crippen MR) is 49.0 cm³/mol. The van der Waals surface area contributed by atoms with E-state index in [2.05, 4.69) is 6.58 Å². The third-order valence-corrected chi connectivity index (χ3v) is 2.42. The molecule has 0 amide bonds. The maximum Gasteiger partial charge on any atom is 0.151 e. The highest BCUT2D eigenvalue weighted by molar-refractivity contribution is 5.02. The van der Waals surface area contributed by atoms with Crippen LogP contribution in [0, 0.1) is 11.3 Å². The lowest BCUT2D eigenvalue weighted by atomic mass is 9.84. The van der Waals surface area contributed by atoms with Gasteiger partial charge in [-0.15, -0.1) is 6.58 Å². The topological polar surface area (TPSA) is 53.2 Å². The Morgan fingerprint density at radius 3 is 2.69 bits per heavy atom. The zero-order valence-corrected chi connectivity index (χ0v) is 7.70. The van der Waals surface area contributed by atoms with E-state index in [4.69, 9.17) is 10.00 Å². The number of hydrogen-bond donors (Lipinski definition) is 1. The van der Waals surface area contributed by atoms with Crippen LogP contribution in [0.4, 0.5) is 0 Å². The highest BCUT2D eigenvalue weighted by atomic mass is 16.5. The largest absolute Gasteiger partial charge is 0.375 e. The van der Waals surface area contributed by atoms with Gasteiger partial charge in [-0.25, -0.2) is 0 Å². The van der Waals surface area contributed by atoms with Gasteiger partial charge >= 0.3 is 0 Å². The van der Waals surface area contributed by atoms with Crippen molar-refractivity contribution in [3.63, 3.8) is 0 Å². The smallest absolute Gasteiger partial charge is 0.151 e. The van der Waals surface area contributed by atoms with E-state index < -0.39 is 5.60 Å². The first-order valence-corrected chi connectivity index (χ1v) is 4.56. The number of nitriles is 1. The summed E-state index contributed by atoms with van der Waals surface area (Å²) in [5.41, 5.74) is -1.10. The standard InChI is InChI=1S/C10H15NO2/c1-2-7-13-9-3-5-10(12,8-11)6-4-9/h2,9,12H,1,3-7H2. The van der Waals surface area contributed by atoms with Crippen LogP contribution < -0.4 is 0 Å². The van der Waals surface area contributed by atoms with Crippen LogP contribution in [-0.4, -0.2) is 23.4 Å². The summed E-state index contributed by atoms with van der Waals surface area (Å²) in [5.74, 6) is 0. The normalized spacial score (nSPS) is 33.7. The second-order valence-electron chi connectivity index (χ2n) is 3.46. The molecule has 13 heavy (non-hydrogen) atoms. The zero-order valence-electron chi connectivity index (χ0n) is 7.70. The van der Waals surface area contributed by atoms with Crippen molar-refractivity contribution in [2.75, 3.05) is 6.61 Å². The summed E-state index contributed by atoms with van der Waals surface area (Å²) >= 11 is 0. The Labute approximate surface area is 78.6 Å². The van der Waals surface area contributed by atoms with Gasteiger partial charge in [-0.2, -0.15) is 5.26 Å². The Morgan fingerprint density at radius 1 is 1.62 bits per heavy atom. The van der Waals surface area contributed by atoms with Crippen molar-refractivity contribution in [1.29, 1.82) is 5.26 Å². The molecule has 1 rings (SSSR count). The van der Waals surface area contributed by atoms with Gasteiger partial charge < -0.3 is 9.84 Å². The first kappa shape index (κ1) is 10.2. The van der Waals surface area contributed by atoms with Gasteiger partial charge in [-0.3, -0.25) is 0 Å². The molecular formula is C10H15NO2. The fraction of sp³-hybridized carbons (Fsp3) is 0.700. The zero-order chi connectivity index (χ0) is 9.73. The Bertz CT molecular complexity index is 211. The number of rotatable bonds is 3. The quantitative estimate of drug-likeness (QED) is 0.528. The van der Waals surface area contributed by atoms with Gasteiger partial charge in [0.1, 0.15) is 0 Å². The molecular weight excluding hydrogens is 166 g/mol. The molecule has 3 heteroatoms. The number of nitrogens with zero attached hydrogens (tertiary/aromatic N) is 1. The van der Waals surface area contributed by atoms with Crippen molar-refractivity contribution in [3.05, 3.63) is 12.7 Å². The molecule has 0 aliphatic heterocycles. The minimum Gasteiger partial charge on any atom is -0.375 e. The fourth-order valence-electron chi connectivity index (χ4n) is 1.55. The molecule has 0 aromatic carbocycles. The second kappa shape index (κ2) is 4.40. The molecule has 0 bridgehead atoms. The third kappa shape index (κ3) is 2.83. The van der Waals surface area contributed by atoms with Gasteiger partial charge in [0.25, 0.3) is 0 Å². The van der Waals surface area contributed by atoms with Crippen LogP contribution in [0.25, 0.3) is 0 Å². The summed E-state index contributed by atoms with van der Waals surface area (Å²) in [7, 11) is 0. The van der Waals surface area contributed by atoms with Crippen molar-refractivity contribution in [3.8, 4) is 6.07 Å². The molecule has 1 saturated carbocycles. The molecule has 0 atom stereocenters. The van der Waals surface area contributed by atoms with Crippen molar-refractivity contribution >= 4 is 0 Å². The molecule has 72 valence electrons. The van der Waals surface area contributed by atoms with Crippen LogP contribution in [0.5, 0.6) is 0 Å². The van der Waals surface area contributed by atoms with E-state index in [-0.39, 0.29) is 6.10 Å². The number of ether oxygens (including phenoxy) is 1. The summed E-state index contributed by atoms with van der Waals surface area (Å²) < 4.78 is 5.43. The monoisotopic (exact) mass is 181 g/mol. The van der Waals surface area contributed by atoms with Crippen molar-refractivity contribution in [2.45, 2.75) is 37.4 Å². The van der Waals surface area contributed by atoms with E-state index >= 15 is 0 Å². The average Bonchev–Trinajstić information content (AvgIpc) is 2.17. The molecule has 0 unspecified atom stereocenters. The van der Waals surface area contributed by atoms with E-state index in [9.17, 15) is 5.11 Å². The molecule has 0 aromatic rings. The molecule has 1 N–H and O–H groups in total. The Morgan fingerprint density at radius 2 is 2.23 bits per heavy atom. The average molecular weight is 181 g/mol. The van der Waals surface area contributed by atoms with E-state index in [0.717, 1.165) is 12.8 Å². The molecule has 1 aliphatic rings. The van der Waals surface area contributed by atoms with Gasteiger partial charge in [0, 0.05) is 0 Å². The van der Waals surface area contributed by atoms with Crippen LogP contribution in [0.15, 0.2) is 12.7 Å².